The summed E-state index contributed by atoms with van der Waals surface area (Å²) in [5.74, 6) is 0.786. The van der Waals surface area contributed by atoms with E-state index in [4.69, 9.17) is 4.74 Å². The van der Waals surface area contributed by atoms with E-state index in [0.717, 1.165) is 18.6 Å². The van der Waals surface area contributed by atoms with E-state index in [9.17, 15) is 10.2 Å². The second-order valence-electron chi connectivity index (χ2n) is 8.70. The Morgan fingerprint density at radius 3 is 1.43 bits per heavy atom. The van der Waals surface area contributed by atoms with Crippen LogP contribution in [-0.2, 0) is 4.74 Å². The number of hydrogen-bond donors (Lipinski definition) is 2. The highest BCUT2D eigenvalue weighted by Crippen LogP contribution is 2.23. The Hall–Kier alpha value is -0.540. The first-order valence-electron chi connectivity index (χ1n) is 12.2. The zero-order valence-corrected chi connectivity index (χ0v) is 19.2. The maximum atomic E-state index is 9.44. The van der Waals surface area contributed by atoms with E-state index in [-0.39, 0.29) is 13.2 Å². The highest BCUT2D eigenvalue weighted by molar-refractivity contribution is 4.85. The minimum absolute atomic E-state index is 0.0494. The Labute approximate surface area is 176 Å². The van der Waals surface area contributed by atoms with Gasteiger partial charge in [-0.25, -0.2) is 0 Å². The van der Waals surface area contributed by atoms with Crippen molar-refractivity contribution in [3.8, 4) is 0 Å². The van der Waals surface area contributed by atoms with Crippen molar-refractivity contribution in [2.24, 2.45) is 5.41 Å². The molecule has 0 saturated carbocycles. The molecule has 0 fully saturated rings. The first-order chi connectivity index (χ1) is 13.6. The molecular formula is C25H50O3. The largest absolute Gasteiger partial charge is 0.498 e. The van der Waals surface area contributed by atoms with Crippen LogP contribution in [0.1, 0.15) is 123 Å². The standard InChI is InChI=1S/C25H50O3/c1-4-6-7-8-9-10-11-12-13-14-15-16-17-18-19-20-24(3)28-23-25(5-2,21-26)22-27/h26-27H,3-23H2,1-2H3. The Bertz CT molecular complexity index is 328. The highest BCUT2D eigenvalue weighted by atomic mass is 16.5. The van der Waals surface area contributed by atoms with Gasteiger partial charge in [-0.2, -0.15) is 0 Å². The average molecular weight is 399 g/mol. The topological polar surface area (TPSA) is 49.7 Å². The zero-order valence-electron chi connectivity index (χ0n) is 19.2. The highest BCUT2D eigenvalue weighted by Gasteiger charge is 2.27. The van der Waals surface area contributed by atoms with Gasteiger partial charge in [-0.15, -0.1) is 0 Å². The van der Waals surface area contributed by atoms with Crippen LogP contribution in [0.5, 0.6) is 0 Å². The van der Waals surface area contributed by atoms with Crippen molar-refractivity contribution in [2.75, 3.05) is 19.8 Å². The second kappa shape index (κ2) is 19.8. The Kier molecular flexibility index (Phi) is 19.4. The number of aliphatic hydroxyl groups excluding tert-OH is 2. The fraction of sp³-hybridized carbons (Fsp3) is 0.920. The molecule has 3 heteroatoms. The molecule has 0 aromatic carbocycles. The van der Waals surface area contributed by atoms with Gasteiger partial charge in [-0.1, -0.05) is 110 Å². The van der Waals surface area contributed by atoms with Crippen molar-refractivity contribution in [3.63, 3.8) is 0 Å². The molecule has 0 heterocycles. The summed E-state index contributed by atoms with van der Waals surface area (Å²) < 4.78 is 5.68. The summed E-state index contributed by atoms with van der Waals surface area (Å²) >= 11 is 0. The van der Waals surface area contributed by atoms with Crippen molar-refractivity contribution in [2.45, 2.75) is 123 Å². The van der Waals surface area contributed by atoms with Gasteiger partial charge >= 0.3 is 0 Å². The van der Waals surface area contributed by atoms with Crippen LogP contribution in [0.3, 0.4) is 0 Å². The molecule has 0 spiro atoms. The van der Waals surface area contributed by atoms with Crippen LogP contribution in [0.2, 0.25) is 0 Å². The molecule has 0 unspecified atom stereocenters. The summed E-state index contributed by atoms with van der Waals surface area (Å²) in [6.45, 7) is 8.48. The molecule has 3 nitrogen and oxygen atoms in total. The van der Waals surface area contributed by atoms with E-state index in [1.54, 1.807) is 0 Å². The van der Waals surface area contributed by atoms with Crippen molar-refractivity contribution >= 4 is 0 Å². The van der Waals surface area contributed by atoms with Gasteiger partial charge in [0.15, 0.2) is 0 Å². The third-order valence-electron chi connectivity index (χ3n) is 6.06. The second-order valence-corrected chi connectivity index (χ2v) is 8.70. The van der Waals surface area contributed by atoms with Gasteiger partial charge in [0.1, 0.15) is 0 Å². The molecule has 0 bridgehead atoms. The molecular weight excluding hydrogens is 348 g/mol. The number of hydrogen-bond acceptors (Lipinski definition) is 3. The SMILES string of the molecule is C=C(CCCCCCCCCCCCCCCCC)OCC(CC)(CO)CO. The van der Waals surface area contributed by atoms with Crippen LogP contribution in [0.4, 0.5) is 0 Å². The van der Waals surface area contributed by atoms with Gasteiger partial charge in [0.2, 0.25) is 0 Å². The average Bonchev–Trinajstić information content (AvgIpc) is 2.72. The van der Waals surface area contributed by atoms with Gasteiger partial charge in [-0.05, 0) is 12.8 Å². The smallest absolute Gasteiger partial charge is 0.0977 e. The summed E-state index contributed by atoms with van der Waals surface area (Å²) in [4.78, 5) is 0. The van der Waals surface area contributed by atoms with Gasteiger partial charge in [0.25, 0.3) is 0 Å². The fourth-order valence-corrected chi connectivity index (χ4v) is 3.49. The van der Waals surface area contributed by atoms with Gasteiger partial charge in [0, 0.05) is 6.42 Å². The van der Waals surface area contributed by atoms with Crippen LogP contribution >= 0.6 is 0 Å². The maximum Gasteiger partial charge on any atom is 0.0977 e. The van der Waals surface area contributed by atoms with E-state index in [2.05, 4.69) is 13.5 Å². The quantitative estimate of drug-likeness (QED) is 0.150. The number of rotatable bonds is 22. The van der Waals surface area contributed by atoms with Crippen molar-refractivity contribution in [3.05, 3.63) is 12.3 Å². The molecule has 0 aromatic rings. The van der Waals surface area contributed by atoms with Gasteiger partial charge < -0.3 is 14.9 Å². The van der Waals surface area contributed by atoms with Crippen molar-refractivity contribution in [1.29, 1.82) is 0 Å². The molecule has 0 aromatic heterocycles. The lowest BCUT2D eigenvalue weighted by molar-refractivity contribution is -0.0109. The Morgan fingerprint density at radius 2 is 1.07 bits per heavy atom. The van der Waals surface area contributed by atoms with E-state index in [0.29, 0.717) is 13.0 Å². The van der Waals surface area contributed by atoms with Gasteiger partial charge in [-0.3, -0.25) is 0 Å². The summed E-state index contributed by atoms with van der Waals surface area (Å²) in [5.41, 5.74) is -0.530. The summed E-state index contributed by atoms with van der Waals surface area (Å²) in [5, 5.41) is 18.9. The minimum Gasteiger partial charge on any atom is -0.498 e. The minimum atomic E-state index is -0.530. The van der Waals surface area contributed by atoms with Crippen LogP contribution in [0.25, 0.3) is 0 Å². The molecule has 0 rings (SSSR count). The maximum absolute atomic E-state index is 9.44. The first-order valence-corrected chi connectivity index (χ1v) is 12.2. The van der Waals surface area contributed by atoms with Crippen LogP contribution in [0.15, 0.2) is 12.3 Å². The normalized spacial score (nSPS) is 11.7. The predicted octanol–water partition coefficient (Wildman–Crippen LogP) is 7.16. The first kappa shape index (κ1) is 27.5. The number of allylic oxidation sites excluding steroid dienone is 1. The monoisotopic (exact) mass is 398 g/mol. The van der Waals surface area contributed by atoms with Crippen LogP contribution < -0.4 is 0 Å². The Morgan fingerprint density at radius 1 is 0.679 bits per heavy atom. The van der Waals surface area contributed by atoms with E-state index in [1.165, 1.54) is 89.9 Å². The third kappa shape index (κ3) is 15.4. The molecule has 0 radical (unpaired) electrons. The molecule has 0 amide bonds. The van der Waals surface area contributed by atoms with E-state index in [1.807, 2.05) is 6.92 Å². The predicted molar refractivity (Wildman–Crippen MR) is 122 cm³/mol. The molecule has 0 atom stereocenters. The van der Waals surface area contributed by atoms with Crippen molar-refractivity contribution < 1.29 is 14.9 Å². The molecule has 168 valence electrons. The van der Waals surface area contributed by atoms with Gasteiger partial charge in [0.05, 0.1) is 31.0 Å². The molecule has 0 aliphatic rings. The summed E-state index contributed by atoms with van der Waals surface area (Å²) in [6, 6.07) is 0. The summed E-state index contributed by atoms with van der Waals surface area (Å²) in [6.07, 6.45) is 22.1. The van der Waals surface area contributed by atoms with E-state index >= 15 is 0 Å². The summed E-state index contributed by atoms with van der Waals surface area (Å²) in [7, 11) is 0. The molecule has 0 saturated heterocycles. The fourth-order valence-electron chi connectivity index (χ4n) is 3.49. The van der Waals surface area contributed by atoms with Crippen LogP contribution in [0, 0.1) is 5.41 Å². The molecule has 0 aliphatic heterocycles. The molecule has 2 N–H and O–H groups in total. The lowest BCUT2D eigenvalue weighted by Crippen LogP contribution is -2.34. The zero-order chi connectivity index (χ0) is 20.9. The Balaban J connectivity index is 3.36. The lowest BCUT2D eigenvalue weighted by atomic mass is 9.88. The third-order valence-corrected chi connectivity index (χ3v) is 6.06. The number of aliphatic hydroxyl groups is 2. The number of ether oxygens (including phenoxy) is 1. The van der Waals surface area contributed by atoms with Crippen molar-refractivity contribution in [1.82, 2.24) is 0 Å². The van der Waals surface area contributed by atoms with E-state index < -0.39 is 5.41 Å². The molecule has 0 aliphatic carbocycles. The number of unbranched alkanes of at least 4 members (excludes halogenated alkanes) is 14. The lowest BCUT2D eigenvalue weighted by Gasteiger charge is -2.28. The molecule has 28 heavy (non-hydrogen) atoms. The van der Waals surface area contributed by atoms with Crippen LogP contribution in [-0.4, -0.2) is 30.0 Å².